The number of nitrogens with zero attached hydrogens (tertiary/aromatic N) is 2. The Hall–Kier alpha value is -1.26. The molecule has 2 rings (SSSR count). The van der Waals surface area contributed by atoms with Crippen molar-refractivity contribution in [1.82, 2.24) is 15.3 Å². The molecule has 4 heteroatoms. The molecule has 3 nitrogen and oxygen atoms in total. The van der Waals surface area contributed by atoms with Crippen LogP contribution in [0.1, 0.15) is 24.1 Å². The van der Waals surface area contributed by atoms with Crippen LogP contribution < -0.4 is 5.32 Å². The van der Waals surface area contributed by atoms with E-state index in [4.69, 9.17) is 0 Å². The van der Waals surface area contributed by atoms with Crippen LogP contribution in [-0.4, -0.2) is 9.97 Å². The topological polar surface area (TPSA) is 37.8 Å². The van der Waals surface area contributed by atoms with Crippen molar-refractivity contribution >= 4 is 15.9 Å². The van der Waals surface area contributed by atoms with Gasteiger partial charge in [0.2, 0.25) is 0 Å². The number of aromatic nitrogens is 2. The Kier molecular flexibility index (Phi) is 4.23. The Morgan fingerprint density at radius 1 is 1.29 bits per heavy atom. The van der Waals surface area contributed by atoms with Crippen molar-refractivity contribution in [2.75, 3.05) is 0 Å². The molecule has 17 heavy (non-hydrogen) atoms. The first kappa shape index (κ1) is 12.2. The second-order valence-corrected chi connectivity index (χ2v) is 4.82. The molecule has 0 radical (unpaired) electrons. The Labute approximate surface area is 109 Å². The Balaban J connectivity index is 1.95. The number of hydrogen-bond acceptors (Lipinski definition) is 3. The molecule has 0 aromatic carbocycles. The molecule has 0 spiro atoms. The lowest BCUT2D eigenvalue weighted by atomic mass is 10.1. The lowest BCUT2D eigenvalue weighted by Gasteiger charge is -2.13. The molecule has 0 saturated heterocycles. The van der Waals surface area contributed by atoms with Crippen LogP contribution >= 0.6 is 15.9 Å². The molecular formula is C13H14BrN3. The van der Waals surface area contributed by atoms with Gasteiger partial charge in [-0.3, -0.25) is 9.97 Å². The molecule has 88 valence electrons. The minimum Gasteiger partial charge on any atom is -0.306 e. The van der Waals surface area contributed by atoms with Gasteiger partial charge in [0.15, 0.2) is 0 Å². The maximum absolute atomic E-state index is 4.14. The maximum Gasteiger partial charge on any atom is 0.0410 e. The molecule has 2 aromatic rings. The van der Waals surface area contributed by atoms with Crippen molar-refractivity contribution in [2.24, 2.45) is 0 Å². The summed E-state index contributed by atoms with van der Waals surface area (Å²) in [5, 5.41) is 3.44. The van der Waals surface area contributed by atoms with E-state index >= 15 is 0 Å². The van der Waals surface area contributed by atoms with Crippen LogP contribution in [0.3, 0.4) is 0 Å². The summed E-state index contributed by atoms with van der Waals surface area (Å²) in [6.45, 7) is 2.92. The Morgan fingerprint density at radius 2 is 2.18 bits per heavy atom. The molecule has 0 fully saturated rings. The zero-order valence-corrected chi connectivity index (χ0v) is 11.2. The predicted molar refractivity (Wildman–Crippen MR) is 71.4 cm³/mol. The van der Waals surface area contributed by atoms with Crippen molar-refractivity contribution in [3.05, 3.63) is 58.6 Å². The van der Waals surface area contributed by atoms with E-state index in [1.54, 1.807) is 12.4 Å². The molecule has 0 bridgehead atoms. The fourth-order valence-electron chi connectivity index (χ4n) is 1.57. The zero-order valence-electron chi connectivity index (χ0n) is 9.60. The molecule has 0 unspecified atom stereocenters. The second kappa shape index (κ2) is 5.89. The number of pyridine rings is 2. The van der Waals surface area contributed by atoms with Gasteiger partial charge in [-0.25, -0.2) is 0 Å². The van der Waals surface area contributed by atoms with Crippen LogP contribution in [0.5, 0.6) is 0 Å². The number of hydrogen-bond donors (Lipinski definition) is 1. The van der Waals surface area contributed by atoms with Crippen LogP contribution in [0.25, 0.3) is 0 Å². The summed E-state index contributed by atoms with van der Waals surface area (Å²) >= 11 is 3.41. The van der Waals surface area contributed by atoms with Crippen molar-refractivity contribution in [3.8, 4) is 0 Å². The van der Waals surface area contributed by atoms with Gasteiger partial charge < -0.3 is 5.32 Å². The zero-order chi connectivity index (χ0) is 12.1. The van der Waals surface area contributed by atoms with E-state index in [9.17, 15) is 0 Å². The third kappa shape index (κ3) is 3.61. The second-order valence-electron chi connectivity index (χ2n) is 3.90. The predicted octanol–water partition coefficient (Wildman–Crippen LogP) is 3.09. The van der Waals surface area contributed by atoms with Gasteiger partial charge in [-0.05, 0) is 46.1 Å². The average Bonchev–Trinajstić information content (AvgIpc) is 2.37. The third-order valence-electron chi connectivity index (χ3n) is 2.56. The molecule has 0 aliphatic carbocycles. The van der Waals surface area contributed by atoms with Crippen molar-refractivity contribution in [2.45, 2.75) is 19.5 Å². The lowest BCUT2D eigenvalue weighted by Crippen LogP contribution is -2.18. The van der Waals surface area contributed by atoms with E-state index < -0.39 is 0 Å². The highest BCUT2D eigenvalue weighted by Crippen LogP contribution is 2.13. The summed E-state index contributed by atoms with van der Waals surface area (Å²) in [7, 11) is 0. The monoisotopic (exact) mass is 291 g/mol. The molecule has 1 atom stereocenters. The summed E-state index contributed by atoms with van der Waals surface area (Å²) in [5.41, 5.74) is 2.35. The summed E-state index contributed by atoms with van der Waals surface area (Å²) in [6.07, 6.45) is 7.33. The number of halogens is 1. The van der Waals surface area contributed by atoms with Gasteiger partial charge in [0.25, 0.3) is 0 Å². The normalized spacial score (nSPS) is 12.4. The van der Waals surface area contributed by atoms with E-state index in [0.29, 0.717) is 0 Å². The fourth-order valence-corrected chi connectivity index (χ4v) is 1.99. The summed E-state index contributed by atoms with van der Waals surface area (Å²) in [6, 6.07) is 6.37. The van der Waals surface area contributed by atoms with E-state index in [1.165, 1.54) is 5.56 Å². The van der Waals surface area contributed by atoms with Crippen LogP contribution in [0, 0.1) is 0 Å². The molecule has 0 saturated carbocycles. The highest BCUT2D eigenvalue weighted by Gasteiger charge is 2.04. The Bertz CT molecular complexity index is 473. The SMILES string of the molecule is C[C@H](NCc1cncc(Br)c1)c1cccnc1. The molecule has 2 heterocycles. The smallest absolute Gasteiger partial charge is 0.0410 e. The van der Waals surface area contributed by atoms with Gasteiger partial charge in [0.1, 0.15) is 0 Å². The first-order valence-electron chi connectivity index (χ1n) is 5.48. The molecular weight excluding hydrogens is 278 g/mol. The summed E-state index contributed by atoms with van der Waals surface area (Å²) in [4.78, 5) is 8.25. The average molecular weight is 292 g/mol. The van der Waals surface area contributed by atoms with Gasteiger partial charge in [-0.1, -0.05) is 6.07 Å². The summed E-state index contributed by atoms with van der Waals surface area (Å²) < 4.78 is 1.01. The highest BCUT2D eigenvalue weighted by molar-refractivity contribution is 9.10. The molecule has 0 aliphatic rings. The van der Waals surface area contributed by atoms with Crippen molar-refractivity contribution in [1.29, 1.82) is 0 Å². The van der Waals surface area contributed by atoms with E-state index in [2.05, 4.69) is 50.3 Å². The van der Waals surface area contributed by atoms with Gasteiger partial charge in [-0.2, -0.15) is 0 Å². The Morgan fingerprint density at radius 3 is 2.88 bits per heavy atom. The minimum absolute atomic E-state index is 0.280. The van der Waals surface area contributed by atoms with Crippen LogP contribution in [-0.2, 0) is 6.54 Å². The first-order valence-corrected chi connectivity index (χ1v) is 6.28. The first-order chi connectivity index (χ1) is 8.25. The molecule has 2 aromatic heterocycles. The van der Waals surface area contributed by atoms with E-state index in [0.717, 1.165) is 16.6 Å². The van der Waals surface area contributed by atoms with Crippen LogP contribution in [0.2, 0.25) is 0 Å². The van der Waals surface area contributed by atoms with Gasteiger partial charge in [0.05, 0.1) is 0 Å². The minimum atomic E-state index is 0.280. The van der Waals surface area contributed by atoms with Crippen molar-refractivity contribution < 1.29 is 0 Å². The maximum atomic E-state index is 4.14. The largest absolute Gasteiger partial charge is 0.306 e. The van der Waals surface area contributed by atoms with Crippen LogP contribution in [0.4, 0.5) is 0 Å². The molecule has 0 aliphatic heterocycles. The number of nitrogens with one attached hydrogen (secondary N) is 1. The van der Waals surface area contributed by atoms with Gasteiger partial charge in [-0.15, -0.1) is 0 Å². The standard InChI is InChI=1S/C13H14BrN3/c1-10(12-3-2-4-15-8-12)17-7-11-5-13(14)9-16-6-11/h2-6,8-10,17H,7H2,1H3/t10-/m0/s1. The lowest BCUT2D eigenvalue weighted by molar-refractivity contribution is 0.572. The van der Waals surface area contributed by atoms with E-state index in [-0.39, 0.29) is 6.04 Å². The van der Waals surface area contributed by atoms with Crippen LogP contribution in [0.15, 0.2) is 47.5 Å². The summed E-state index contributed by atoms with van der Waals surface area (Å²) in [5.74, 6) is 0. The number of rotatable bonds is 4. The molecule has 1 N–H and O–H groups in total. The quantitative estimate of drug-likeness (QED) is 0.941. The third-order valence-corrected chi connectivity index (χ3v) is 2.99. The van der Waals surface area contributed by atoms with Crippen molar-refractivity contribution in [3.63, 3.8) is 0 Å². The highest BCUT2D eigenvalue weighted by atomic mass is 79.9. The van der Waals surface area contributed by atoms with Gasteiger partial charge in [0, 0.05) is 41.8 Å². The molecule has 0 amide bonds. The van der Waals surface area contributed by atoms with Gasteiger partial charge >= 0.3 is 0 Å². The van der Waals surface area contributed by atoms with E-state index in [1.807, 2.05) is 18.5 Å². The fraction of sp³-hybridized carbons (Fsp3) is 0.231.